The van der Waals surface area contributed by atoms with Gasteiger partial charge >= 0.3 is 0 Å². The van der Waals surface area contributed by atoms with Gasteiger partial charge in [-0.15, -0.1) is 0 Å². The predicted molar refractivity (Wildman–Crippen MR) is 91.3 cm³/mol. The minimum Gasteiger partial charge on any atom is -0.0839 e. The van der Waals surface area contributed by atoms with E-state index in [1.54, 1.807) is 11.1 Å². The van der Waals surface area contributed by atoms with Gasteiger partial charge in [-0.1, -0.05) is 73.6 Å². The van der Waals surface area contributed by atoms with E-state index in [-0.39, 0.29) is 10.8 Å². The molecule has 0 saturated carbocycles. The van der Waals surface area contributed by atoms with Gasteiger partial charge in [-0.05, 0) is 44.2 Å². The van der Waals surface area contributed by atoms with Crippen molar-refractivity contribution in [3.8, 4) is 0 Å². The number of hydrogen-bond donors (Lipinski definition) is 0. The van der Waals surface area contributed by atoms with Crippen LogP contribution in [-0.4, -0.2) is 0 Å². The van der Waals surface area contributed by atoms with Crippen LogP contribution in [0.4, 0.5) is 0 Å². The molecule has 1 aromatic carbocycles. The second-order valence-corrected chi connectivity index (χ2v) is 7.10. The first-order chi connectivity index (χ1) is 9.98. The third-order valence-electron chi connectivity index (χ3n) is 5.97. The molecular formula is C21H26. The van der Waals surface area contributed by atoms with Gasteiger partial charge in [0.1, 0.15) is 0 Å². The van der Waals surface area contributed by atoms with Gasteiger partial charge in [0.25, 0.3) is 0 Å². The van der Waals surface area contributed by atoms with E-state index in [4.69, 9.17) is 0 Å². The zero-order valence-corrected chi connectivity index (χ0v) is 13.7. The maximum absolute atomic E-state index is 2.45. The van der Waals surface area contributed by atoms with E-state index in [9.17, 15) is 0 Å². The molecule has 0 fully saturated rings. The molecule has 0 amide bonds. The molecular weight excluding hydrogens is 252 g/mol. The predicted octanol–water partition coefficient (Wildman–Crippen LogP) is 5.97. The van der Waals surface area contributed by atoms with Crippen molar-refractivity contribution in [3.63, 3.8) is 0 Å². The summed E-state index contributed by atoms with van der Waals surface area (Å²) in [5, 5.41) is 0. The fourth-order valence-corrected chi connectivity index (χ4v) is 4.27. The highest BCUT2D eigenvalue weighted by Gasteiger charge is 2.47. The first-order valence-electron chi connectivity index (χ1n) is 8.09. The SMILES string of the molecule is CC1=C(C)C(C)(c2ccccc2)CC1(C)C1=CCCC=C1. The standard InChI is InChI=1S/C21H26/c1-16-17(2)21(4,19-13-9-6-10-14-19)15-20(16,3)18-11-7-5-8-12-18/h5,7-9,11-14H,6,10,15H2,1-4H3. The zero-order valence-electron chi connectivity index (χ0n) is 13.7. The molecule has 0 N–H and O–H groups in total. The molecule has 0 nitrogen and oxygen atoms in total. The van der Waals surface area contributed by atoms with Crippen molar-refractivity contribution in [1.29, 1.82) is 0 Å². The number of hydrogen-bond acceptors (Lipinski definition) is 0. The molecule has 110 valence electrons. The zero-order chi connectivity index (χ0) is 15.1. The molecule has 21 heavy (non-hydrogen) atoms. The van der Waals surface area contributed by atoms with Crippen LogP contribution in [0.25, 0.3) is 0 Å². The Morgan fingerprint density at radius 3 is 2.14 bits per heavy atom. The van der Waals surface area contributed by atoms with Gasteiger partial charge in [0, 0.05) is 10.8 Å². The lowest BCUT2D eigenvalue weighted by Gasteiger charge is -2.34. The molecule has 2 atom stereocenters. The van der Waals surface area contributed by atoms with Crippen LogP contribution >= 0.6 is 0 Å². The molecule has 0 spiro atoms. The van der Waals surface area contributed by atoms with E-state index >= 15 is 0 Å². The van der Waals surface area contributed by atoms with Crippen LogP contribution in [-0.2, 0) is 5.41 Å². The quantitative estimate of drug-likeness (QED) is 0.585. The second-order valence-electron chi connectivity index (χ2n) is 7.10. The van der Waals surface area contributed by atoms with Gasteiger partial charge in [-0.2, -0.15) is 0 Å². The first-order valence-corrected chi connectivity index (χ1v) is 8.09. The van der Waals surface area contributed by atoms with Gasteiger partial charge in [-0.25, -0.2) is 0 Å². The Kier molecular flexibility index (Phi) is 3.43. The van der Waals surface area contributed by atoms with Crippen LogP contribution in [0.3, 0.4) is 0 Å². The largest absolute Gasteiger partial charge is 0.0839 e. The Balaban J connectivity index is 2.06. The third-order valence-corrected chi connectivity index (χ3v) is 5.97. The molecule has 2 aliphatic carbocycles. The molecule has 0 saturated heterocycles. The summed E-state index contributed by atoms with van der Waals surface area (Å²) in [5.74, 6) is 0. The van der Waals surface area contributed by atoms with Crippen molar-refractivity contribution in [2.24, 2.45) is 5.41 Å². The summed E-state index contributed by atoms with van der Waals surface area (Å²) in [7, 11) is 0. The highest BCUT2D eigenvalue weighted by atomic mass is 14.5. The van der Waals surface area contributed by atoms with Crippen molar-refractivity contribution in [3.05, 3.63) is 70.8 Å². The topological polar surface area (TPSA) is 0 Å². The van der Waals surface area contributed by atoms with E-state index in [1.165, 1.54) is 30.4 Å². The number of rotatable bonds is 2. The van der Waals surface area contributed by atoms with Crippen LogP contribution < -0.4 is 0 Å². The summed E-state index contributed by atoms with van der Waals surface area (Å²) >= 11 is 0. The van der Waals surface area contributed by atoms with E-state index in [1.807, 2.05) is 0 Å². The highest BCUT2D eigenvalue weighted by Crippen LogP contribution is 2.57. The van der Waals surface area contributed by atoms with Crippen LogP contribution in [0.1, 0.15) is 52.5 Å². The van der Waals surface area contributed by atoms with Gasteiger partial charge < -0.3 is 0 Å². The Morgan fingerprint density at radius 2 is 1.52 bits per heavy atom. The molecule has 0 heteroatoms. The first kappa shape index (κ1) is 14.4. The van der Waals surface area contributed by atoms with Crippen molar-refractivity contribution in [1.82, 2.24) is 0 Å². The van der Waals surface area contributed by atoms with E-state index in [2.05, 4.69) is 76.3 Å². The number of allylic oxidation sites excluding steroid dienone is 6. The molecule has 0 radical (unpaired) electrons. The van der Waals surface area contributed by atoms with Crippen molar-refractivity contribution in [2.45, 2.75) is 52.4 Å². The van der Waals surface area contributed by atoms with E-state index in [0.717, 1.165) is 0 Å². The molecule has 0 bridgehead atoms. The lowest BCUT2D eigenvalue weighted by Crippen LogP contribution is -2.26. The molecule has 1 aromatic rings. The minimum atomic E-state index is 0.159. The van der Waals surface area contributed by atoms with Crippen LogP contribution in [0.15, 0.2) is 65.3 Å². The Bertz CT molecular complexity index is 629. The number of benzene rings is 1. The van der Waals surface area contributed by atoms with Crippen molar-refractivity contribution >= 4 is 0 Å². The fraction of sp³-hybridized carbons (Fsp3) is 0.429. The van der Waals surface area contributed by atoms with Gasteiger partial charge in [0.2, 0.25) is 0 Å². The van der Waals surface area contributed by atoms with Crippen LogP contribution in [0, 0.1) is 5.41 Å². The highest BCUT2D eigenvalue weighted by molar-refractivity contribution is 5.50. The average Bonchev–Trinajstić information content (AvgIpc) is 2.72. The monoisotopic (exact) mass is 278 g/mol. The van der Waals surface area contributed by atoms with Gasteiger partial charge in [-0.3, -0.25) is 0 Å². The van der Waals surface area contributed by atoms with Crippen LogP contribution in [0.2, 0.25) is 0 Å². The lowest BCUT2D eigenvalue weighted by atomic mass is 9.69. The third kappa shape index (κ3) is 2.12. The molecule has 0 aromatic heterocycles. The summed E-state index contributed by atoms with van der Waals surface area (Å²) < 4.78 is 0. The molecule has 3 rings (SSSR count). The van der Waals surface area contributed by atoms with Crippen LogP contribution in [0.5, 0.6) is 0 Å². The summed E-state index contributed by atoms with van der Waals surface area (Å²) in [6.07, 6.45) is 10.7. The Labute approximate surface area is 129 Å². The normalized spacial score (nSPS) is 32.5. The Hall–Kier alpha value is -1.56. The average molecular weight is 278 g/mol. The Morgan fingerprint density at radius 1 is 0.857 bits per heavy atom. The van der Waals surface area contributed by atoms with Gasteiger partial charge in [0.15, 0.2) is 0 Å². The maximum Gasteiger partial charge on any atom is 0.0145 e. The van der Waals surface area contributed by atoms with E-state index < -0.39 is 0 Å². The summed E-state index contributed by atoms with van der Waals surface area (Å²) in [5.41, 5.74) is 6.43. The van der Waals surface area contributed by atoms with Crippen molar-refractivity contribution < 1.29 is 0 Å². The minimum absolute atomic E-state index is 0.159. The van der Waals surface area contributed by atoms with Crippen molar-refractivity contribution in [2.75, 3.05) is 0 Å². The summed E-state index contributed by atoms with van der Waals surface area (Å²) in [6.45, 7) is 9.52. The molecule has 0 heterocycles. The second kappa shape index (κ2) is 5.02. The maximum atomic E-state index is 2.45. The molecule has 2 aliphatic rings. The van der Waals surface area contributed by atoms with Gasteiger partial charge in [0.05, 0.1) is 0 Å². The van der Waals surface area contributed by atoms with E-state index in [0.29, 0.717) is 0 Å². The lowest BCUT2D eigenvalue weighted by molar-refractivity contribution is 0.393. The smallest absolute Gasteiger partial charge is 0.0145 e. The molecule has 0 aliphatic heterocycles. The fourth-order valence-electron chi connectivity index (χ4n) is 4.27. The summed E-state index contributed by atoms with van der Waals surface area (Å²) in [4.78, 5) is 0. The summed E-state index contributed by atoms with van der Waals surface area (Å²) in [6, 6.07) is 11.0. The molecule has 2 unspecified atom stereocenters.